The van der Waals surface area contributed by atoms with Crippen molar-refractivity contribution in [3.63, 3.8) is 0 Å². The van der Waals surface area contributed by atoms with Gasteiger partial charge in [-0.15, -0.1) is 0 Å². The number of hydrogen-bond acceptors (Lipinski definition) is 2. The molecule has 1 aromatic heterocycles. The second kappa shape index (κ2) is 4.38. The van der Waals surface area contributed by atoms with Crippen LogP contribution in [0.1, 0.15) is 39.8 Å². The van der Waals surface area contributed by atoms with Crippen molar-refractivity contribution in [3.8, 4) is 0 Å². The summed E-state index contributed by atoms with van der Waals surface area (Å²) in [6, 6.07) is 8.28. The predicted octanol–water partition coefficient (Wildman–Crippen LogP) is 3.56. The van der Waals surface area contributed by atoms with E-state index in [-0.39, 0.29) is 6.04 Å². The Kier molecular flexibility index (Phi) is 3.07. The summed E-state index contributed by atoms with van der Waals surface area (Å²) in [5.41, 5.74) is 11.1. The van der Waals surface area contributed by atoms with E-state index in [9.17, 15) is 0 Å². The molecule has 0 aliphatic heterocycles. The molecule has 1 unspecified atom stereocenters. The van der Waals surface area contributed by atoms with Crippen molar-refractivity contribution in [2.75, 3.05) is 0 Å². The Hall–Kier alpha value is -1.54. The quantitative estimate of drug-likeness (QED) is 0.855. The van der Waals surface area contributed by atoms with Crippen LogP contribution in [0.25, 0.3) is 0 Å². The van der Waals surface area contributed by atoms with Crippen LogP contribution in [0.4, 0.5) is 0 Å². The van der Waals surface area contributed by atoms with Gasteiger partial charge in [0.2, 0.25) is 0 Å². The van der Waals surface area contributed by atoms with E-state index in [1.807, 2.05) is 19.9 Å². The fraction of sp³-hybridized carbons (Fsp3) is 0.333. The fourth-order valence-electron chi connectivity index (χ4n) is 2.10. The minimum Gasteiger partial charge on any atom is -0.466 e. The Balaban J connectivity index is 2.40. The molecular formula is C15H19NO. The van der Waals surface area contributed by atoms with Crippen molar-refractivity contribution >= 4 is 0 Å². The van der Waals surface area contributed by atoms with E-state index in [4.69, 9.17) is 10.2 Å². The lowest BCUT2D eigenvalue weighted by atomic mass is 9.96. The lowest BCUT2D eigenvalue weighted by Gasteiger charge is -2.13. The molecule has 90 valence electrons. The summed E-state index contributed by atoms with van der Waals surface area (Å²) in [4.78, 5) is 0. The van der Waals surface area contributed by atoms with Gasteiger partial charge in [-0.3, -0.25) is 0 Å². The van der Waals surface area contributed by atoms with E-state index in [0.29, 0.717) is 0 Å². The molecule has 2 nitrogen and oxygen atoms in total. The highest BCUT2D eigenvalue weighted by molar-refractivity contribution is 5.38. The molecule has 0 radical (unpaired) electrons. The van der Waals surface area contributed by atoms with Gasteiger partial charge < -0.3 is 10.2 Å². The summed E-state index contributed by atoms with van der Waals surface area (Å²) in [7, 11) is 0. The summed E-state index contributed by atoms with van der Waals surface area (Å²) in [5, 5.41) is 0. The standard InChI is InChI=1S/C15H19NO/c1-9-5-6-13(7-10(9)2)15(16)14-8-11(3)17-12(14)4/h5-8,15H,16H2,1-4H3. The maximum absolute atomic E-state index is 6.29. The first-order valence-corrected chi connectivity index (χ1v) is 5.88. The van der Waals surface area contributed by atoms with E-state index in [1.54, 1.807) is 0 Å². The van der Waals surface area contributed by atoms with E-state index >= 15 is 0 Å². The third-order valence-electron chi connectivity index (χ3n) is 3.30. The van der Waals surface area contributed by atoms with Gasteiger partial charge in [-0.25, -0.2) is 0 Å². The molecule has 0 saturated heterocycles. The largest absolute Gasteiger partial charge is 0.466 e. The number of rotatable bonds is 2. The maximum atomic E-state index is 6.29. The van der Waals surface area contributed by atoms with Crippen LogP contribution in [0.3, 0.4) is 0 Å². The normalized spacial score (nSPS) is 12.8. The minimum atomic E-state index is -0.105. The summed E-state index contributed by atoms with van der Waals surface area (Å²) < 4.78 is 5.53. The molecule has 1 atom stereocenters. The number of nitrogens with two attached hydrogens (primary N) is 1. The topological polar surface area (TPSA) is 39.2 Å². The van der Waals surface area contributed by atoms with Crippen molar-refractivity contribution in [3.05, 3.63) is 58.0 Å². The van der Waals surface area contributed by atoms with Gasteiger partial charge >= 0.3 is 0 Å². The first-order chi connectivity index (χ1) is 7.99. The summed E-state index contributed by atoms with van der Waals surface area (Å²) in [5.74, 6) is 1.82. The van der Waals surface area contributed by atoms with E-state index in [0.717, 1.165) is 22.6 Å². The first-order valence-electron chi connectivity index (χ1n) is 5.88. The molecule has 1 aromatic carbocycles. The molecule has 2 aromatic rings. The van der Waals surface area contributed by atoms with Crippen molar-refractivity contribution in [2.24, 2.45) is 5.73 Å². The monoisotopic (exact) mass is 229 g/mol. The number of furan rings is 1. The van der Waals surface area contributed by atoms with Gasteiger partial charge in [-0.05, 0) is 50.5 Å². The highest BCUT2D eigenvalue weighted by Crippen LogP contribution is 2.26. The van der Waals surface area contributed by atoms with Crippen molar-refractivity contribution in [2.45, 2.75) is 33.7 Å². The second-order valence-corrected chi connectivity index (χ2v) is 4.69. The van der Waals surface area contributed by atoms with Crippen molar-refractivity contribution in [1.82, 2.24) is 0 Å². The molecule has 2 rings (SSSR count). The van der Waals surface area contributed by atoms with E-state index in [2.05, 4.69) is 32.0 Å². The van der Waals surface area contributed by atoms with Gasteiger partial charge in [-0.1, -0.05) is 18.2 Å². The zero-order valence-electron chi connectivity index (χ0n) is 10.9. The molecular weight excluding hydrogens is 210 g/mol. The van der Waals surface area contributed by atoms with Crippen molar-refractivity contribution < 1.29 is 4.42 Å². The van der Waals surface area contributed by atoms with Gasteiger partial charge in [0.1, 0.15) is 11.5 Å². The van der Waals surface area contributed by atoms with Gasteiger partial charge in [0.25, 0.3) is 0 Å². The molecule has 0 aliphatic carbocycles. The molecule has 0 spiro atoms. The highest BCUT2D eigenvalue weighted by atomic mass is 16.3. The minimum absolute atomic E-state index is 0.105. The first kappa shape index (κ1) is 11.9. The van der Waals surface area contributed by atoms with Crippen LogP contribution in [0.5, 0.6) is 0 Å². The van der Waals surface area contributed by atoms with E-state index in [1.165, 1.54) is 11.1 Å². The average molecular weight is 229 g/mol. The average Bonchev–Trinajstić information content (AvgIpc) is 2.61. The highest BCUT2D eigenvalue weighted by Gasteiger charge is 2.15. The number of aryl methyl sites for hydroxylation is 4. The lowest BCUT2D eigenvalue weighted by Crippen LogP contribution is -2.12. The van der Waals surface area contributed by atoms with Gasteiger partial charge in [0.05, 0.1) is 6.04 Å². The Bertz CT molecular complexity index is 540. The summed E-state index contributed by atoms with van der Waals surface area (Å²) >= 11 is 0. The predicted molar refractivity (Wildman–Crippen MR) is 70.1 cm³/mol. The van der Waals surface area contributed by atoms with E-state index < -0.39 is 0 Å². The van der Waals surface area contributed by atoms with Crippen LogP contribution in [-0.2, 0) is 0 Å². The molecule has 0 aliphatic rings. The van der Waals surface area contributed by atoms with Crippen LogP contribution in [0.2, 0.25) is 0 Å². The fourth-order valence-corrected chi connectivity index (χ4v) is 2.10. The van der Waals surface area contributed by atoms with Crippen LogP contribution in [-0.4, -0.2) is 0 Å². The molecule has 1 heterocycles. The van der Waals surface area contributed by atoms with Crippen LogP contribution >= 0.6 is 0 Å². The zero-order chi connectivity index (χ0) is 12.6. The Morgan fingerprint density at radius 2 is 1.71 bits per heavy atom. The van der Waals surface area contributed by atoms with Gasteiger partial charge in [0, 0.05) is 5.56 Å². The SMILES string of the molecule is Cc1cc(C(N)c2ccc(C)c(C)c2)c(C)o1. The van der Waals surface area contributed by atoms with Crippen LogP contribution in [0.15, 0.2) is 28.7 Å². The zero-order valence-corrected chi connectivity index (χ0v) is 10.9. The summed E-state index contributed by atoms with van der Waals surface area (Å²) in [6.45, 7) is 8.13. The number of benzene rings is 1. The van der Waals surface area contributed by atoms with Gasteiger partial charge in [0.15, 0.2) is 0 Å². The molecule has 2 heteroatoms. The lowest BCUT2D eigenvalue weighted by molar-refractivity contribution is 0.499. The van der Waals surface area contributed by atoms with Gasteiger partial charge in [-0.2, -0.15) is 0 Å². The second-order valence-electron chi connectivity index (χ2n) is 4.69. The molecule has 0 saturated carbocycles. The molecule has 17 heavy (non-hydrogen) atoms. The third-order valence-corrected chi connectivity index (χ3v) is 3.30. The Labute approximate surface area is 102 Å². The molecule has 0 amide bonds. The third kappa shape index (κ3) is 2.27. The number of hydrogen-bond donors (Lipinski definition) is 1. The van der Waals surface area contributed by atoms with Crippen LogP contribution < -0.4 is 5.73 Å². The van der Waals surface area contributed by atoms with Crippen LogP contribution in [0, 0.1) is 27.7 Å². The Morgan fingerprint density at radius 3 is 2.24 bits per heavy atom. The maximum Gasteiger partial charge on any atom is 0.106 e. The Morgan fingerprint density at radius 1 is 1.00 bits per heavy atom. The van der Waals surface area contributed by atoms with Crippen molar-refractivity contribution in [1.29, 1.82) is 0 Å². The molecule has 0 bridgehead atoms. The molecule has 2 N–H and O–H groups in total. The smallest absolute Gasteiger partial charge is 0.106 e. The summed E-state index contributed by atoms with van der Waals surface area (Å²) in [6.07, 6.45) is 0. The molecule has 0 fully saturated rings.